The van der Waals surface area contributed by atoms with Gasteiger partial charge in [-0.3, -0.25) is 9.69 Å². The molecule has 218 valence electrons. The number of hydrogen-bond acceptors (Lipinski definition) is 5. The van der Waals surface area contributed by atoms with Gasteiger partial charge >= 0.3 is 5.97 Å². The van der Waals surface area contributed by atoms with E-state index in [0.29, 0.717) is 38.2 Å². The maximum Gasteiger partial charge on any atom is 0.339 e. The second-order valence-corrected chi connectivity index (χ2v) is 10.5. The minimum atomic E-state index is -0.350. The number of nitrogens with zero attached hydrogens (tertiary/aromatic N) is 3. The Morgan fingerprint density at radius 3 is 1.98 bits per heavy atom. The molecular weight excluding hydrogens is 526 g/mol. The largest absolute Gasteiger partial charge is 0.497 e. The molecule has 2 heterocycles. The number of piperazine rings is 1. The highest BCUT2D eigenvalue weighted by molar-refractivity contribution is 5.92. The molecule has 1 fully saturated rings. The maximum absolute atomic E-state index is 13.5. The molecule has 1 aliphatic rings. The van der Waals surface area contributed by atoms with Crippen molar-refractivity contribution in [1.82, 2.24) is 14.4 Å². The molecule has 0 aliphatic carbocycles. The number of hydrogen-bond donors (Lipinski definition) is 0. The lowest BCUT2D eigenvalue weighted by Crippen LogP contribution is -2.50. The third-order valence-electron chi connectivity index (χ3n) is 8.06. The molecule has 0 bridgehead atoms. The summed E-state index contributed by atoms with van der Waals surface area (Å²) in [5.74, 6) is 0.532. The average Bonchev–Trinajstić information content (AvgIpc) is 3.37. The Kier molecular flexibility index (Phi) is 9.39. The Labute approximate surface area is 248 Å². The number of esters is 1. The number of carbonyl (C=O) groups is 2. The highest BCUT2D eigenvalue weighted by atomic mass is 16.5. The lowest BCUT2D eigenvalue weighted by Gasteiger charge is -2.40. The first-order valence-electron chi connectivity index (χ1n) is 14.6. The van der Waals surface area contributed by atoms with E-state index in [1.807, 2.05) is 54.3 Å². The van der Waals surface area contributed by atoms with Crippen LogP contribution in [-0.4, -0.2) is 66.1 Å². The van der Waals surface area contributed by atoms with Gasteiger partial charge in [-0.15, -0.1) is 0 Å². The van der Waals surface area contributed by atoms with Gasteiger partial charge in [0.2, 0.25) is 5.91 Å². The number of carbonyl (C=O) groups excluding carboxylic acids is 2. The molecule has 0 N–H and O–H groups in total. The topological polar surface area (TPSA) is 64.0 Å². The van der Waals surface area contributed by atoms with Crippen LogP contribution in [0.25, 0.3) is 11.3 Å². The zero-order valence-corrected chi connectivity index (χ0v) is 24.7. The van der Waals surface area contributed by atoms with Gasteiger partial charge in [-0.05, 0) is 60.9 Å². The number of benzene rings is 3. The van der Waals surface area contributed by atoms with E-state index in [-0.39, 0.29) is 17.9 Å². The Hall–Kier alpha value is -4.36. The summed E-state index contributed by atoms with van der Waals surface area (Å²) in [4.78, 5) is 30.6. The minimum Gasteiger partial charge on any atom is -0.497 e. The molecule has 0 spiro atoms. The van der Waals surface area contributed by atoms with Crippen molar-refractivity contribution in [3.63, 3.8) is 0 Å². The van der Waals surface area contributed by atoms with Gasteiger partial charge in [0.1, 0.15) is 5.75 Å². The smallest absolute Gasteiger partial charge is 0.339 e. The molecule has 42 heavy (non-hydrogen) atoms. The number of ether oxygens (including phenoxy) is 2. The summed E-state index contributed by atoms with van der Waals surface area (Å²) in [5.41, 5.74) is 5.67. The SMILES string of the molecule is CCOC(=O)c1cc(-c2ccc(OC)cc2)n(CCC(=O)N2CCN(C(c3ccccc3)c3ccccc3)CC2)c1C. The maximum atomic E-state index is 13.5. The predicted octanol–water partition coefficient (Wildman–Crippen LogP) is 5.97. The van der Waals surface area contributed by atoms with Crippen LogP contribution in [0.3, 0.4) is 0 Å². The van der Waals surface area contributed by atoms with E-state index in [9.17, 15) is 9.59 Å². The molecule has 0 saturated carbocycles. The number of rotatable bonds is 10. The molecule has 0 unspecified atom stereocenters. The van der Waals surface area contributed by atoms with Gasteiger partial charge in [-0.2, -0.15) is 0 Å². The van der Waals surface area contributed by atoms with Crippen molar-refractivity contribution in [2.24, 2.45) is 0 Å². The fourth-order valence-corrected chi connectivity index (χ4v) is 5.83. The van der Waals surface area contributed by atoms with Crippen LogP contribution in [0.5, 0.6) is 5.75 Å². The molecule has 0 radical (unpaired) electrons. The standard InChI is InChI=1S/C35H39N3O4/c1-4-42-35(40)31-25-32(27-15-17-30(41-3)18-16-27)38(26(31)2)20-19-33(39)36-21-23-37(24-22-36)34(28-11-7-5-8-12-28)29-13-9-6-10-14-29/h5-18,25,34H,4,19-24H2,1-3H3. The van der Waals surface area contributed by atoms with Crippen LogP contribution in [0.1, 0.15) is 46.6 Å². The lowest BCUT2D eigenvalue weighted by molar-refractivity contribution is -0.133. The molecule has 5 rings (SSSR count). The Balaban J connectivity index is 1.29. The van der Waals surface area contributed by atoms with Crippen LogP contribution in [-0.2, 0) is 16.1 Å². The fourth-order valence-electron chi connectivity index (χ4n) is 5.83. The summed E-state index contributed by atoms with van der Waals surface area (Å²) in [6.07, 6.45) is 0.349. The van der Waals surface area contributed by atoms with Gasteiger partial charge in [0.05, 0.1) is 25.3 Å². The first-order valence-corrected chi connectivity index (χ1v) is 14.6. The summed E-state index contributed by atoms with van der Waals surface area (Å²) in [5, 5.41) is 0. The highest BCUT2D eigenvalue weighted by Crippen LogP contribution is 2.31. The Morgan fingerprint density at radius 1 is 0.833 bits per heavy atom. The van der Waals surface area contributed by atoms with Crippen LogP contribution in [0.2, 0.25) is 0 Å². The Bertz CT molecular complexity index is 1430. The number of amides is 1. The Morgan fingerprint density at radius 2 is 1.43 bits per heavy atom. The van der Waals surface area contributed by atoms with E-state index in [2.05, 4.69) is 58.0 Å². The van der Waals surface area contributed by atoms with Gasteiger partial charge in [-0.1, -0.05) is 60.7 Å². The predicted molar refractivity (Wildman–Crippen MR) is 165 cm³/mol. The van der Waals surface area contributed by atoms with Gasteiger partial charge < -0.3 is 18.9 Å². The average molecular weight is 566 g/mol. The summed E-state index contributed by atoms with van der Waals surface area (Å²) < 4.78 is 12.7. The second-order valence-electron chi connectivity index (χ2n) is 10.5. The lowest BCUT2D eigenvalue weighted by atomic mass is 9.96. The van der Waals surface area contributed by atoms with Crippen molar-refractivity contribution in [3.8, 4) is 17.0 Å². The van der Waals surface area contributed by atoms with Crippen molar-refractivity contribution >= 4 is 11.9 Å². The van der Waals surface area contributed by atoms with E-state index in [4.69, 9.17) is 9.47 Å². The summed E-state index contributed by atoms with van der Waals surface area (Å²) >= 11 is 0. The van der Waals surface area contributed by atoms with E-state index in [1.165, 1.54) is 11.1 Å². The molecule has 1 aliphatic heterocycles. The van der Waals surface area contributed by atoms with E-state index in [1.54, 1.807) is 14.0 Å². The molecule has 4 aromatic rings. The van der Waals surface area contributed by atoms with Gasteiger partial charge in [-0.25, -0.2) is 4.79 Å². The molecule has 0 atom stereocenters. The summed E-state index contributed by atoms with van der Waals surface area (Å²) in [7, 11) is 1.63. The molecule has 1 aromatic heterocycles. The van der Waals surface area contributed by atoms with Crippen LogP contribution in [0.4, 0.5) is 0 Å². The molecule has 7 heteroatoms. The van der Waals surface area contributed by atoms with E-state index < -0.39 is 0 Å². The molecule has 1 amide bonds. The molecule has 3 aromatic carbocycles. The van der Waals surface area contributed by atoms with Crippen molar-refractivity contribution in [1.29, 1.82) is 0 Å². The van der Waals surface area contributed by atoms with Crippen LogP contribution in [0.15, 0.2) is 91.0 Å². The van der Waals surface area contributed by atoms with Crippen molar-refractivity contribution in [2.45, 2.75) is 32.9 Å². The highest BCUT2D eigenvalue weighted by Gasteiger charge is 2.28. The van der Waals surface area contributed by atoms with Crippen LogP contribution in [0, 0.1) is 6.92 Å². The quantitative estimate of drug-likeness (QED) is 0.222. The molecule has 1 saturated heterocycles. The number of methoxy groups -OCH3 is 1. The fraction of sp³-hybridized carbons (Fsp3) is 0.314. The van der Waals surface area contributed by atoms with Gasteiger partial charge in [0.15, 0.2) is 0 Å². The number of aromatic nitrogens is 1. The zero-order chi connectivity index (χ0) is 29.5. The minimum absolute atomic E-state index is 0.122. The van der Waals surface area contributed by atoms with Gasteiger partial charge in [0.25, 0.3) is 0 Å². The van der Waals surface area contributed by atoms with Gasteiger partial charge in [0, 0.05) is 50.5 Å². The van der Waals surface area contributed by atoms with E-state index >= 15 is 0 Å². The van der Waals surface area contributed by atoms with Crippen molar-refractivity contribution in [3.05, 3.63) is 113 Å². The van der Waals surface area contributed by atoms with Crippen LogP contribution >= 0.6 is 0 Å². The zero-order valence-electron chi connectivity index (χ0n) is 24.7. The molecular formula is C35H39N3O4. The second kappa shape index (κ2) is 13.5. The molecule has 7 nitrogen and oxygen atoms in total. The summed E-state index contributed by atoms with van der Waals surface area (Å²) in [6, 6.07) is 30.9. The third-order valence-corrected chi connectivity index (χ3v) is 8.06. The first kappa shape index (κ1) is 29.1. The first-order chi connectivity index (χ1) is 20.5. The summed E-state index contributed by atoms with van der Waals surface area (Å²) in [6.45, 7) is 7.45. The van der Waals surface area contributed by atoms with E-state index in [0.717, 1.165) is 35.8 Å². The van der Waals surface area contributed by atoms with Crippen molar-refractivity contribution < 1.29 is 19.1 Å². The van der Waals surface area contributed by atoms with Crippen molar-refractivity contribution in [2.75, 3.05) is 39.9 Å². The third kappa shape index (κ3) is 6.42. The normalized spacial score (nSPS) is 13.8. The van der Waals surface area contributed by atoms with Crippen LogP contribution < -0.4 is 4.74 Å². The monoisotopic (exact) mass is 565 g/mol.